The van der Waals surface area contributed by atoms with E-state index >= 15 is 0 Å². The summed E-state index contributed by atoms with van der Waals surface area (Å²) in [6.07, 6.45) is 3.97. The molecule has 1 fully saturated rings. The molecule has 0 aliphatic heterocycles. The summed E-state index contributed by atoms with van der Waals surface area (Å²) < 4.78 is 5.70. The quantitative estimate of drug-likeness (QED) is 0.851. The van der Waals surface area contributed by atoms with E-state index in [9.17, 15) is 0 Å². The van der Waals surface area contributed by atoms with Crippen molar-refractivity contribution in [2.24, 2.45) is 5.92 Å². The molecule has 3 atom stereocenters. The van der Waals surface area contributed by atoms with E-state index in [1.807, 2.05) is 13.0 Å². The first-order valence-electron chi connectivity index (χ1n) is 7.18. The predicted molar refractivity (Wildman–Crippen MR) is 76.0 cm³/mol. The normalized spacial score (nSPS) is 25.1. The molecule has 0 amide bonds. The van der Waals surface area contributed by atoms with Gasteiger partial charge in [0.05, 0.1) is 6.61 Å². The van der Waals surface area contributed by atoms with Crippen LogP contribution in [-0.4, -0.2) is 12.6 Å². The highest BCUT2D eigenvalue weighted by atomic mass is 16.5. The Kier molecular flexibility index (Phi) is 4.65. The zero-order chi connectivity index (χ0) is 13.0. The van der Waals surface area contributed by atoms with Crippen molar-refractivity contribution in [2.75, 3.05) is 6.61 Å². The van der Waals surface area contributed by atoms with Gasteiger partial charge in [-0.3, -0.25) is 0 Å². The van der Waals surface area contributed by atoms with Gasteiger partial charge < -0.3 is 10.1 Å². The number of benzene rings is 1. The van der Waals surface area contributed by atoms with Gasteiger partial charge in [0.1, 0.15) is 5.75 Å². The SMILES string of the molecule is CCOc1ccccc1C(C)NC1CCC(C)C1. The second-order valence-electron chi connectivity index (χ2n) is 5.47. The highest BCUT2D eigenvalue weighted by Crippen LogP contribution is 2.29. The van der Waals surface area contributed by atoms with Gasteiger partial charge in [-0.1, -0.05) is 25.1 Å². The first-order valence-corrected chi connectivity index (χ1v) is 7.18. The van der Waals surface area contributed by atoms with E-state index in [-0.39, 0.29) is 0 Å². The molecule has 1 aliphatic rings. The van der Waals surface area contributed by atoms with Crippen molar-refractivity contribution in [1.29, 1.82) is 0 Å². The van der Waals surface area contributed by atoms with Crippen molar-refractivity contribution in [2.45, 2.75) is 52.1 Å². The molecule has 100 valence electrons. The summed E-state index contributed by atoms with van der Waals surface area (Å²) in [4.78, 5) is 0. The topological polar surface area (TPSA) is 21.3 Å². The van der Waals surface area contributed by atoms with Gasteiger partial charge in [0, 0.05) is 17.6 Å². The number of para-hydroxylation sites is 1. The third kappa shape index (κ3) is 3.26. The molecule has 1 aromatic rings. The summed E-state index contributed by atoms with van der Waals surface area (Å²) in [5.41, 5.74) is 1.28. The van der Waals surface area contributed by atoms with Gasteiger partial charge in [-0.25, -0.2) is 0 Å². The number of rotatable bonds is 5. The Labute approximate surface area is 111 Å². The van der Waals surface area contributed by atoms with E-state index in [1.165, 1.54) is 24.8 Å². The molecule has 0 heterocycles. The van der Waals surface area contributed by atoms with Crippen LogP contribution in [0.1, 0.15) is 51.6 Å². The summed E-state index contributed by atoms with van der Waals surface area (Å²) in [5, 5.41) is 3.74. The number of hydrogen-bond donors (Lipinski definition) is 1. The zero-order valence-corrected chi connectivity index (χ0v) is 11.8. The molecule has 18 heavy (non-hydrogen) atoms. The van der Waals surface area contributed by atoms with E-state index in [2.05, 4.69) is 37.4 Å². The molecule has 0 aromatic heterocycles. The van der Waals surface area contributed by atoms with E-state index in [1.54, 1.807) is 0 Å². The third-order valence-electron chi connectivity index (χ3n) is 3.87. The van der Waals surface area contributed by atoms with Crippen molar-refractivity contribution in [1.82, 2.24) is 5.32 Å². The Morgan fingerprint density at radius 1 is 1.33 bits per heavy atom. The van der Waals surface area contributed by atoms with Crippen LogP contribution in [-0.2, 0) is 0 Å². The fourth-order valence-corrected chi connectivity index (χ4v) is 2.93. The Bertz CT molecular complexity index is 377. The van der Waals surface area contributed by atoms with Crippen LogP contribution >= 0.6 is 0 Å². The summed E-state index contributed by atoms with van der Waals surface area (Å²) >= 11 is 0. The van der Waals surface area contributed by atoms with Gasteiger partial charge in [-0.05, 0) is 45.1 Å². The molecule has 1 aliphatic carbocycles. The average Bonchev–Trinajstić information content (AvgIpc) is 2.76. The largest absolute Gasteiger partial charge is 0.494 e. The predicted octanol–water partition coefficient (Wildman–Crippen LogP) is 3.92. The van der Waals surface area contributed by atoms with Gasteiger partial charge in [0.25, 0.3) is 0 Å². The minimum absolute atomic E-state index is 0.364. The standard InChI is InChI=1S/C16H25NO/c1-4-18-16-8-6-5-7-15(16)13(3)17-14-10-9-12(2)11-14/h5-8,12-14,17H,4,9-11H2,1-3H3. The molecular weight excluding hydrogens is 222 g/mol. The van der Waals surface area contributed by atoms with Gasteiger partial charge >= 0.3 is 0 Å². The Morgan fingerprint density at radius 3 is 2.78 bits per heavy atom. The Hall–Kier alpha value is -1.02. The van der Waals surface area contributed by atoms with Gasteiger partial charge in [0.15, 0.2) is 0 Å². The van der Waals surface area contributed by atoms with Crippen LogP contribution in [0.5, 0.6) is 5.75 Å². The molecule has 2 nitrogen and oxygen atoms in total. The second-order valence-corrected chi connectivity index (χ2v) is 5.47. The fourth-order valence-electron chi connectivity index (χ4n) is 2.93. The lowest BCUT2D eigenvalue weighted by atomic mass is 10.1. The number of nitrogens with one attached hydrogen (secondary N) is 1. The van der Waals surface area contributed by atoms with Gasteiger partial charge in [-0.15, -0.1) is 0 Å². The highest BCUT2D eigenvalue weighted by molar-refractivity contribution is 5.35. The summed E-state index contributed by atoms with van der Waals surface area (Å²) in [6.45, 7) is 7.35. The fraction of sp³-hybridized carbons (Fsp3) is 0.625. The van der Waals surface area contributed by atoms with Crippen molar-refractivity contribution in [3.63, 3.8) is 0 Å². The molecule has 0 radical (unpaired) electrons. The van der Waals surface area contributed by atoms with Crippen molar-refractivity contribution < 1.29 is 4.74 Å². The Balaban J connectivity index is 2.01. The van der Waals surface area contributed by atoms with Crippen molar-refractivity contribution >= 4 is 0 Å². The maximum atomic E-state index is 5.70. The highest BCUT2D eigenvalue weighted by Gasteiger charge is 2.23. The summed E-state index contributed by atoms with van der Waals surface area (Å²) in [5.74, 6) is 1.89. The third-order valence-corrected chi connectivity index (χ3v) is 3.87. The summed E-state index contributed by atoms with van der Waals surface area (Å²) in [7, 11) is 0. The lowest BCUT2D eigenvalue weighted by Crippen LogP contribution is -2.29. The van der Waals surface area contributed by atoms with E-state index in [0.29, 0.717) is 12.1 Å². The molecule has 2 rings (SSSR count). The molecule has 1 N–H and O–H groups in total. The molecule has 1 aromatic carbocycles. The maximum Gasteiger partial charge on any atom is 0.124 e. The number of ether oxygens (including phenoxy) is 1. The van der Waals surface area contributed by atoms with Gasteiger partial charge in [0.2, 0.25) is 0 Å². The monoisotopic (exact) mass is 247 g/mol. The maximum absolute atomic E-state index is 5.70. The first kappa shape index (κ1) is 13.4. The molecular formula is C16H25NO. The van der Waals surface area contributed by atoms with E-state index in [4.69, 9.17) is 4.74 Å². The van der Waals surface area contributed by atoms with E-state index < -0.39 is 0 Å². The molecule has 0 saturated heterocycles. The lowest BCUT2D eigenvalue weighted by molar-refractivity contribution is 0.329. The average molecular weight is 247 g/mol. The molecule has 0 bridgehead atoms. The van der Waals surface area contributed by atoms with Crippen LogP contribution in [0.3, 0.4) is 0 Å². The van der Waals surface area contributed by atoms with Gasteiger partial charge in [-0.2, -0.15) is 0 Å². The zero-order valence-electron chi connectivity index (χ0n) is 11.8. The van der Waals surface area contributed by atoms with E-state index in [0.717, 1.165) is 18.3 Å². The Morgan fingerprint density at radius 2 is 2.11 bits per heavy atom. The summed E-state index contributed by atoms with van der Waals surface area (Å²) in [6, 6.07) is 9.40. The van der Waals surface area contributed by atoms with Crippen molar-refractivity contribution in [3.05, 3.63) is 29.8 Å². The minimum atomic E-state index is 0.364. The second kappa shape index (κ2) is 6.24. The van der Waals surface area contributed by atoms with Crippen LogP contribution in [0.2, 0.25) is 0 Å². The lowest BCUT2D eigenvalue weighted by Gasteiger charge is -2.22. The van der Waals surface area contributed by atoms with Crippen LogP contribution in [0.4, 0.5) is 0 Å². The van der Waals surface area contributed by atoms with Crippen LogP contribution in [0, 0.1) is 5.92 Å². The molecule has 0 spiro atoms. The number of hydrogen-bond acceptors (Lipinski definition) is 2. The minimum Gasteiger partial charge on any atom is -0.494 e. The van der Waals surface area contributed by atoms with Crippen LogP contribution in [0.15, 0.2) is 24.3 Å². The van der Waals surface area contributed by atoms with Crippen LogP contribution in [0.25, 0.3) is 0 Å². The first-order chi connectivity index (χ1) is 8.70. The van der Waals surface area contributed by atoms with Crippen LogP contribution < -0.4 is 10.1 Å². The molecule has 1 saturated carbocycles. The molecule has 2 heteroatoms. The van der Waals surface area contributed by atoms with Crippen molar-refractivity contribution in [3.8, 4) is 5.75 Å². The molecule has 3 unspecified atom stereocenters. The smallest absolute Gasteiger partial charge is 0.124 e.